The fraction of sp³-hybridized carbons (Fsp3) is 0.706. The minimum absolute atomic E-state index is 0.691. The number of nitrogens with one attached hydrogen (secondary N) is 1. The van der Waals surface area contributed by atoms with E-state index in [1.54, 1.807) is 0 Å². The number of anilines is 1. The van der Waals surface area contributed by atoms with Crippen molar-refractivity contribution in [3.63, 3.8) is 0 Å². The average molecular weight is 275 g/mol. The van der Waals surface area contributed by atoms with Gasteiger partial charge in [-0.1, -0.05) is 26.2 Å². The minimum atomic E-state index is 0.691. The van der Waals surface area contributed by atoms with Crippen LogP contribution in [0.3, 0.4) is 0 Å². The van der Waals surface area contributed by atoms with Gasteiger partial charge in [-0.25, -0.2) is 4.98 Å². The molecule has 0 aliphatic heterocycles. The van der Waals surface area contributed by atoms with Gasteiger partial charge in [0.25, 0.3) is 0 Å². The summed E-state index contributed by atoms with van der Waals surface area (Å²) in [6.07, 6.45) is 7.81. The van der Waals surface area contributed by atoms with Crippen LogP contribution in [0, 0.1) is 0 Å². The van der Waals surface area contributed by atoms with Gasteiger partial charge in [-0.2, -0.15) is 0 Å². The highest BCUT2D eigenvalue weighted by atomic mass is 15.2. The fourth-order valence-electron chi connectivity index (χ4n) is 3.27. The Morgan fingerprint density at radius 1 is 1.20 bits per heavy atom. The number of nitrogens with zero attached hydrogens (tertiary/aromatic N) is 2. The maximum Gasteiger partial charge on any atom is 0.129 e. The third-order valence-corrected chi connectivity index (χ3v) is 4.32. The van der Waals surface area contributed by atoms with E-state index in [9.17, 15) is 0 Å². The highest BCUT2D eigenvalue weighted by Gasteiger charge is 2.21. The summed E-state index contributed by atoms with van der Waals surface area (Å²) in [5.41, 5.74) is 2.56. The maximum atomic E-state index is 4.88. The third kappa shape index (κ3) is 3.72. The molecule has 1 aliphatic rings. The van der Waals surface area contributed by atoms with Crippen molar-refractivity contribution in [2.75, 3.05) is 18.5 Å². The molecule has 1 heterocycles. The van der Waals surface area contributed by atoms with Gasteiger partial charge in [0, 0.05) is 24.8 Å². The predicted molar refractivity (Wildman–Crippen MR) is 86.3 cm³/mol. The van der Waals surface area contributed by atoms with Crippen LogP contribution in [0.15, 0.2) is 12.1 Å². The zero-order valence-corrected chi connectivity index (χ0v) is 13.3. The molecule has 1 aromatic heterocycles. The molecule has 0 amide bonds. The summed E-state index contributed by atoms with van der Waals surface area (Å²) in [6, 6.07) is 5.19. The number of hydrogen-bond acceptors (Lipinski definition) is 3. The molecule has 1 aliphatic carbocycles. The smallest absolute Gasteiger partial charge is 0.129 e. The molecule has 20 heavy (non-hydrogen) atoms. The van der Waals surface area contributed by atoms with Gasteiger partial charge in [0.1, 0.15) is 5.82 Å². The fourth-order valence-corrected chi connectivity index (χ4v) is 3.27. The predicted octanol–water partition coefficient (Wildman–Crippen LogP) is 3.52. The molecule has 3 heteroatoms. The van der Waals surface area contributed by atoms with Crippen LogP contribution in [-0.2, 0) is 13.0 Å². The molecule has 0 atom stereocenters. The van der Waals surface area contributed by atoms with E-state index in [2.05, 4.69) is 36.2 Å². The standard InChI is InChI=1S/C17H29N3/c1-4-15-11-14(13-18-3)12-17(19-15)20(5-2)16-9-7-6-8-10-16/h11-12,16,18H,4-10,13H2,1-3H3. The minimum Gasteiger partial charge on any atom is -0.354 e. The van der Waals surface area contributed by atoms with Crippen molar-refractivity contribution in [2.45, 2.75) is 65.0 Å². The lowest BCUT2D eigenvalue weighted by Gasteiger charge is -2.35. The van der Waals surface area contributed by atoms with Crippen molar-refractivity contribution in [1.29, 1.82) is 0 Å². The van der Waals surface area contributed by atoms with E-state index in [0.29, 0.717) is 6.04 Å². The lowest BCUT2D eigenvalue weighted by Crippen LogP contribution is -2.37. The van der Waals surface area contributed by atoms with E-state index < -0.39 is 0 Å². The molecule has 0 aromatic carbocycles. The molecule has 1 aromatic rings. The molecule has 3 nitrogen and oxygen atoms in total. The number of aryl methyl sites for hydroxylation is 1. The van der Waals surface area contributed by atoms with Gasteiger partial charge in [-0.15, -0.1) is 0 Å². The summed E-state index contributed by atoms with van der Waals surface area (Å²) in [5.74, 6) is 1.18. The number of pyridine rings is 1. The first-order valence-corrected chi connectivity index (χ1v) is 8.19. The van der Waals surface area contributed by atoms with Gasteiger partial charge in [-0.3, -0.25) is 0 Å². The first kappa shape index (κ1) is 15.3. The summed E-state index contributed by atoms with van der Waals surface area (Å²) in [5, 5.41) is 3.25. The summed E-state index contributed by atoms with van der Waals surface area (Å²) < 4.78 is 0. The molecule has 2 rings (SSSR count). The van der Waals surface area contributed by atoms with Crippen molar-refractivity contribution < 1.29 is 0 Å². The first-order valence-electron chi connectivity index (χ1n) is 8.19. The Balaban J connectivity index is 2.24. The summed E-state index contributed by atoms with van der Waals surface area (Å²) in [4.78, 5) is 7.40. The van der Waals surface area contributed by atoms with Gasteiger partial charge < -0.3 is 10.2 Å². The zero-order chi connectivity index (χ0) is 14.4. The Hall–Kier alpha value is -1.09. The molecular formula is C17H29N3. The summed E-state index contributed by atoms with van der Waals surface area (Å²) >= 11 is 0. The van der Waals surface area contributed by atoms with E-state index in [4.69, 9.17) is 4.98 Å². The molecule has 1 N–H and O–H groups in total. The second-order valence-corrected chi connectivity index (χ2v) is 5.79. The Morgan fingerprint density at radius 2 is 1.95 bits per heavy atom. The number of hydrogen-bond donors (Lipinski definition) is 1. The number of rotatable bonds is 6. The highest BCUT2D eigenvalue weighted by molar-refractivity contribution is 5.44. The van der Waals surface area contributed by atoms with E-state index in [1.807, 2.05) is 7.05 Å². The van der Waals surface area contributed by atoms with E-state index in [0.717, 1.165) is 19.5 Å². The van der Waals surface area contributed by atoms with Crippen LogP contribution in [0.25, 0.3) is 0 Å². The maximum absolute atomic E-state index is 4.88. The van der Waals surface area contributed by atoms with Crippen molar-refractivity contribution in [2.24, 2.45) is 0 Å². The zero-order valence-electron chi connectivity index (χ0n) is 13.3. The molecule has 0 unspecified atom stereocenters. The van der Waals surface area contributed by atoms with Gasteiger partial charge in [0.2, 0.25) is 0 Å². The lowest BCUT2D eigenvalue weighted by atomic mass is 9.94. The first-order chi connectivity index (χ1) is 9.78. The molecule has 112 valence electrons. The number of aromatic nitrogens is 1. The molecule has 1 saturated carbocycles. The highest BCUT2D eigenvalue weighted by Crippen LogP contribution is 2.27. The van der Waals surface area contributed by atoms with Gasteiger partial charge in [0.05, 0.1) is 0 Å². The largest absolute Gasteiger partial charge is 0.354 e. The van der Waals surface area contributed by atoms with Crippen molar-refractivity contribution >= 4 is 5.82 Å². The van der Waals surface area contributed by atoms with Crippen molar-refractivity contribution in [1.82, 2.24) is 10.3 Å². The second-order valence-electron chi connectivity index (χ2n) is 5.79. The average Bonchev–Trinajstić information content (AvgIpc) is 2.49. The van der Waals surface area contributed by atoms with Crippen molar-refractivity contribution in [3.05, 3.63) is 23.4 Å². The van der Waals surface area contributed by atoms with Crippen LogP contribution >= 0.6 is 0 Å². The molecule has 1 fully saturated rings. The van der Waals surface area contributed by atoms with Crippen molar-refractivity contribution in [3.8, 4) is 0 Å². The SMILES string of the molecule is CCc1cc(CNC)cc(N(CC)C2CCCCC2)n1. The van der Waals surface area contributed by atoms with E-state index in [1.165, 1.54) is 49.2 Å². The molecular weight excluding hydrogens is 246 g/mol. The Bertz CT molecular complexity index is 411. The van der Waals surface area contributed by atoms with Crippen LogP contribution in [0.2, 0.25) is 0 Å². The Morgan fingerprint density at radius 3 is 2.55 bits per heavy atom. The van der Waals surface area contributed by atoms with Crippen LogP contribution < -0.4 is 10.2 Å². The van der Waals surface area contributed by atoms with Crippen LogP contribution in [-0.4, -0.2) is 24.6 Å². The molecule has 0 radical (unpaired) electrons. The molecule has 0 spiro atoms. The second kappa shape index (κ2) is 7.63. The van der Waals surface area contributed by atoms with Gasteiger partial charge in [-0.05, 0) is 50.9 Å². The monoisotopic (exact) mass is 275 g/mol. The Kier molecular flexibility index (Phi) is 5.84. The topological polar surface area (TPSA) is 28.2 Å². The third-order valence-electron chi connectivity index (χ3n) is 4.32. The van der Waals surface area contributed by atoms with E-state index in [-0.39, 0.29) is 0 Å². The van der Waals surface area contributed by atoms with Gasteiger partial charge >= 0.3 is 0 Å². The van der Waals surface area contributed by atoms with E-state index >= 15 is 0 Å². The summed E-state index contributed by atoms with van der Waals surface area (Å²) in [6.45, 7) is 6.42. The van der Waals surface area contributed by atoms with Crippen LogP contribution in [0.1, 0.15) is 57.2 Å². The summed E-state index contributed by atoms with van der Waals surface area (Å²) in [7, 11) is 2.00. The quantitative estimate of drug-likeness (QED) is 0.861. The molecule has 0 saturated heterocycles. The normalized spacial score (nSPS) is 16.4. The molecule has 0 bridgehead atoms. The Labute approximate surface area is 123 Å². The van der Waals surface area contributed by atoms with Gasteiger partial charge in [0.15, 0.2) is 0 Å². The van der Waals surface area contributed by atoms with Crippen LogP contribution in [0.4, 0.5) is 5.82 Å². The lowest BCUT2D eigenvalue weighted by molar-refractivity contribution is 0.416. The van der Waals surface area contributed by atoms with Crippen LogP contribution in [0.5, 0.6) is 0 Å².